The number of ether oxygens (including phenoxy) is 1. The SMILES string of the molecule is Nc1ncccc1CC(N)C1(N2CCOCC2)CCCC1. The molecule has 0 aromatic carbocycles. The molecule has 0 radical (unpaired) electrons. The van der Waals surface area contributed by atoms with Gasteiger partial charge in [0.25, 0.3) is 0 Å². The Kier molecular flexibility index (Phi) is 4.42. The quantitative estimate of drug-likeness (QED) is 0.870. The lowest BCUT2D eigenvalue weighted by Crippen LogP contribution is -2.61. The molecule has 2 aliphatic rings. The van der Waals surface area contributed by atoms with Crippen molar-refractivity contribution < 1.29 is 4.74 Å². The summed E-state index contributed by atoms with van der Waals surface area (Å²) in [5, 5.41) is 0. The van der Waals surface area contributed by atoms with Crippen LogP contribution in [0.15, 0.2) is 18.3 Å². The van der Waals surface area contributed by atoms with Crippen LogP contribution in [0.25, 0.3) is 0 Å². The molecule has 1 aliphatic heterocycles. The average Bonchev–Trinajstić information content (AvgIpc) is 3.01. The summed E-state index contributed by atoms with van der Waals surface area (Å²) < 4.78 is 5.51. The molecule has 21 heavy (non-hydrogen) atoms. The van der Waals surface area contributed by atoms with Crippen LogP contribution in [0.1, 0.15) is 31.2 Å². The third-order valence-electron chi connectivity index (χ3n) is 5.17. The van der Waals surface area contributed by atoms with E-state index in [-0.39, 0.29) is 11.6 Å². The molecule has 5 nitrogen and oxygen atoms in total. The monoisotopic (exact) mass is 290 g/mol. The van der Waals surface area contributed by atoms with Gasteiger partial charge in [-0.3, -0.25) is 4.90 Å². The minimum absolute atomic E-state index is 0.101. The molecule has 1 saturated heterocycles. The van der Waals surface area contributed by atoms with Crippen molar-refractivity contribution in [1.29, 1.82) is 0 Å². The molecule has 3 rings (SSSR count). The number of aromatic nitrogens is 1. The molecule has 1 aromatic heterocycles. The second kappa shape index (κ2) is 6.30. The maximum Gasteiger partial charge on any atom is 0.126 e. The van der Waals surface area contributed by atoms with Crippen LogP contribution in [-0.4, -0.2) is 47.8 Å². The number of nitrogens with two attached hydrogens (primary N) is 2. The van der Waals surface area contributed by atoms with Gasteiger partial charge in [0, 0.05) is 30.9 Å². The van der Waals surface area contributed by atoms with Crippen LogP contribution in [0.2, 0.25) is 0 Å². The minimum atomic E-state index is 0.101. The van der Waals surface area contributed by atoms with E-state index in [1.54, 1.807) is 6.20 Å². The Bertz CT molecular complexity index is 467. The molecular formula is C16H26N4O. The summed E-state index contributed by atoms with van der Waals surface area (Å²) in [5.41, 5.74) is 13.9. The normalized spacial score (nSPS) is 24.0. The van der Waals surface area contributed by atoms with Crippen molar-refractivity contribution in [2.24, 2.45) is 5.73 Å². The van der Waals surface area contributed by atoms with Gasteiger partial charge in [-0.15, -0.1) is 0 Å². The fraction of sp³-hybridized carbons (Fsp3) is 0.688. The fourth-order valence-corrected chi connectivity index (χ4v) is 3.97. The smallest absolute Gasteiger partial charge is 0.126 e. The van der Waals surface area contributed by atoms with E-state index in [0.29, 0.717) is 5.82 Å². The van der Waals surface area contributed by atoms with E-state index < -0.39 is 0 Å². The second-order valence-corrected chi connectivity index (χ2v) is 6.27. The predicted molar refractivity (Wildman–Crippen MR) is 83.9 cm³/mol. The topological polar surface area (TPSA) is 77.4 Å². The fourth-order valence-electron chi connectivity index (χ4n) is 3.97. The number of pyridine rings is 1. The van der Waals surface area contributed by atoms with Crippen LogP contribution in [0, 0.1) is 0 Å². The van der Waals surface area contributed by atoms with E-state index >= 15 is 0 Å². The largest absolute Gasteiger partial charge is 0.383 e. The minimum Gasteiger partial charge on any atom is -0.383 e. The zero-order valence-corrected chi connectivity index (χ0v) is 12.6. The van der Waals surface area contributed by atoms with Gasteiger partial charge >= 0.3 is 0 Å². The second-order valence-electron chi connectivity index (χ2n) is 6.27. The first kappa shape index (κ1) is 14.8. The van der Waals surface area contributed by atoms with Crippen LogP contribution in [0.3, 0.4) is 0 Å². The van der Waals surface area contributed by atoms with Gasteiger partial charge in [-0.25, -0.2) is 4.98 Å². The highest BCUT2D eigenvalue weighted by Crippen LogP contribution is 2.39. The molecule has 116 valence electrons. The molecule has 1 aliphatic carbocycles. The van der Waals surface area contributed by atoms with Gasteiger partial charge in [0.1, 0.15) is 5.82 Å². The molecule has 5 heteroatoms. The van der Waals surface area contributed by atoms with E-state index in [2.05, 4.69) is 9.88 Å². The van der Waals surface area contributed by atoms with E-state index in [0.717, 1.165) is 38.3 Å². The van der Waals surface area contributed by atoms with Gasteiger partial charge in [-0.05, 0) is 30.9 Å². The third kappa shape index (κ3) is 2.91. The Morgan fingerprint density at radius 2 is 2.00 bits per heavy atom. The van der Waals surface area contributed by atoms with Gasteiger partial charge in [-0.2, -0.15) is 0 Å². The number of hydrogen-bond donors (Lipinski definition) is 2. The van der Waals surface area contributed by atoms with Crippen molar-refractivity contribution in [3.8, 4) is 0 Å². The maximum absolute atomic E-state index is 6.68. The maximum atomic E-state index is 6.68. The highest BCUT2D eigenvalue weighted by Gasteiger charge is 2.44. The van der Waals surface area contributed by atoms with Crippen LogP contribution >= 0.6 is 0 Å². The van der Waals surface area contributed by atoms with Crippen molar-refractivity contribution in [3.63, 3.8) is 0 Å². The molecule has 0 bridgehead atoms. The summed E-state index contributed by atoms with van der Waals surface area (Å²) in [7, 11) is 0. The van der Waals surface area contributed by atoms with Crippen molar-refractivity contribution in [1.82, 2.24) is 9.88 Å². The van der Waals surface area contributed by atoms with Crippen molar-refractivity contribution in [2.75, 3.05) is 32.0 Å². The summed E-state index contributed by atoms with van der Waals surface area (Å²) in [6.07, 6.45) is 7.46. The lowest BCUT2D eigenvalue weighted by atomic mass is 9.83. The van der Waals surface area contributed by atoms with Gasteiger partial charge < -0.3 is 16.2 Å². The summed E-state index contributed by atoms with van der Waals surface area (Å²) in [6.45, 7) is 3.64. The Balaban J connectivity index is 1.78. The number of rotatable bonds is 4. The Morgan fingerprint density at radius 3 is 2.67 bits per heavy atom. The molecule has 2 heterocycles. The highest BCUT2D eigenvalue weighted by molar-refractivity contribution is 5.39. The van der Waals surface area contributed by atoms with E-state index in [1.165, 1.54) is 25.7 Å². The first-order valence-corrected chi connectivity index (χ1v) is 8.00. The van der Waals surface area contributed by atoms with Crippen LogP contribution in [0.5, 0.6) is 0 Å². The van der Waals surface area contributed by atoms with E-state index in [1.807, 2.05) is 12.1 Å². The van der Waals surface area contributed by atoms with E-state index in [4.69, 9.17) is 16.2 Å². The standard InChI is InChI=1S/C16H26N4O/c17-14(12-13-4-3-7-19-15(13)18)16(5-1-2-6-16)20-8-10-21-11-9-20/h3-4,7,14H,1-2,5-6,8-12,17H2,(H2,18,19). The first-order valence-electron chi connectivity index (χ1n) is 8.00. The molecule has 4 N–H and O–H groups in total. The number of nitrogen functional groups attached to an aromatic ring is 1. The molecule has 1 atom stereocenters. The van der Waals surface area contributed by atoms with Crippen molar-refractivity contribution in [3.05, 3.63) is 23.9 Å². The lowest BCUT2D eigenvalue weighted by Gasteiger charge is -2.47. The summed E-state index contributed by atoms with van der Waals surface area (Å²) in [4.78, 5) is 6.75. The van der Waals surface area contributed by atoms with Crippen molar-refractivity contribution >= 4 is 5.82 Å². The van der Waals surface area contributed by atoms with Gasteiger partial charge in [0.2, 0.25) is 0 Å². The number of nitrogens with zero attached hydrogens (tertiary/aromatic N) is 2. The molecular weight excluding hydrogens is 264 g/mol. The van der Waals surface area contributed by atoms with Crippen LogP contribution in [-0.2, 0) is 11.2 Å². The average molecular weight is 290 g/mol. The molecule has 0 amide bonds. The Labute approximate surface area is 126 Å². The Morgan fingerprint density at radius 1 is 1.29 bits per heavy atom. The molecule has 1 unspecified atom stereocenters. The van der Waals surface area contributed by atoms with Crippen LogP contribution in [0.4, 0.5) is 5.82 Å². The van der Waals surface area contributed by atoms with Gasteiger partial charge in [-0.1, -0.05) is 18.9 Å². The third-order valence-corrected chi connectivity index (χ3v) is 5.17. The number of morpholine rings is 1. The van der Waals surface area contributed by atoms with Gasteiger partial charge in [0.05, 0.1) is 13.2 Å². The predicted octanol–water partition coefficient (Wildman–Crippen LogP) is 1.18. The zero-order chi connectivity index (χ0) is 14.7. The summed E-state index contributed by atoms with van der Waals surface area (Å²) in [6, 6.07) is 4.09. The highest BCUT2D eigenvalue weighted by atomic mass is 16.5. The molecule has 2 fully saturated rings. The molecule has 1 saturated carbocycles. The van der Waals surface area contributed by atoms with E-state index in [9.17, 15) is 0 Å². The Hall–Kier alpha value is -1.17. The zero-order valence-electron chi connectivity index (χ0n) is 12.6. The van der Waals surface area contributed by atoms with Crippen molar-refractivity contribution in [2.45, 2.75) is 43.7 Å². The molecule has 1 aromatic rings. The summed E-state index contributed by atoms with van der Waals surface area (Å²) in [5.74, 6) is 0.614. The lowest BCUT2D eigenvalue weighted by molar-refractivity contribution is -0.0305. The number of hydrogen-bond acceptors (Lipinski definition) is 5. The molecule has 0 spiro atoms. The van der Waals surface area contributed by atoms with Crippen LogP contribution < -0.4 is 11.5 Å². The first-order chi connectivity index (χ1) is 10.2. The van der Waals surface area contributed by atoms with Gasteiger partial charge in [0.15, 0.2) is 0 Å². The number of anilines is 1. The summed E-state index contributed by atoms with van der Waals surface area (Å²) >= 11 is 0.